The molecule has 0 aromatic carbocycles. The van der Waals surface area contributed by atoms with Crippen molar-refractivity contribution in [1.82, 2.24) is 9.78 Å². The second kappa shape index (κ2) is 4.89. The van der Waals surface area contributed by atoms with E-state index in [9.17, 15) is 0 Å². The molecular formula is C13H23N3. The molecule has 90 valence electrons. The van der Waals surface area contributed by atoms with Crippen molar-refractivity contribution in [3.63, 3.8) is 0 Å². The number of rotatable bonds is 3. The molecule has 3 atom stereocenters. The number of aryl methyl sites for hydroxylation is 1. The third-order valence-corrected chi connectivity index (χ3v) is 3.92. The van der Waals surface area contributed by atoms with Gasteiger partial charge in [0.15, 0.2) is 0 Å². The highest BCUT2D eigenvalue weighted by atomic mass is 15.3. The lowest BCUT2D eigenvalue weighted by molar-refractivity contribution is 0.252. The first-order valence-electron chi connectivity index (χ1n) is 6.45. The zero-order valence-electron chi connectivity index (χ0n) is 10.6. The van der Waals surface area contributed by atoms with E-state index in [4.69, 9.17) is 0 Å². The lowest BCUT2D eigenvalue weighted by atomic mass is 9.77. The summed E-state index contributed by atoms with van der Waals surface area (Å²) in [5.41, 5.74) is 0. The van der Waals surface area contributed by atoms with E-state index in [1.165, 1.54) is 25.7 Å². The first-order valence-corrected chi connectivity index (χ1v) is 6.45. The summed E-state index contributed by atoms with van der Waals surface area (Å²) in [6.45, 7) is 4.68. The average Bonchev–Trinajstić information content (AvgIpc) is 2.67. The van der Waals surface area contributed by atoms with Crippen LogP contribution in [-0.2, 0) is 7.05 Å². The SMILES string of the molecule is CCC1CC(C)CCC1Nc1ccnn1C. The van der Waals surface area contributed by atoms with Gasteiger partial charge in [0.2, 0.25) is 0 Å². The topological polar surface area (TPSA) is 29.9 Å². The molecule has 1 fully saturated rings. The molecule has 0 amide bonds. The Bertz CT molecular complexity index is 332. The zero-order chi connectivity index (χ0) is 11.5. The largest absolute Gasteiger partial charge is 0.367 e. The Kier molecular flexibility index (Phi) is 3.52. The molecule has 2 rings (SSSR count). The molecule has 1 aromatic rings. The third-order valence-electron chi connectivity index (χ3n) is 3.92. The summed E-state index contributed by atoms with van der Waals surface area (Å²) < 4.78 is 1.92. The van der Waals surface area contributed by atoms with Crippen molar-refractivity contribution < 1.29 is 0 Å². The molecule has 0 aliphatic heterocycles. The minimum Gasteiger partial charge on any atom is -0.367 e. The number of nitrogens with one attached hydrogen (secondary N) is 1. The van der Waals surface area contributed by atoms with Crippen LogP contribution in [-0.4, -0.2) is 15.8 Å². The van der Waals surface area contributed by atoms with Gasteiger partial charge in [-0.1, -0.05) is 20.3 Å². The lowest BCUT2D eigenvalue weighted by Crippen LogP contribution is -2.35. The minimum atomic E-state index is 0.636. The van der Waals surface area contributed by atoms with E-state index < -0.39 is 0 Å². The van der Waals surface area contributed by atoms with Crippen molar-refractivity contribution in [3.05, 3.63) is 12.3 Å². The summed E-state index contributed by atoms with van der Waals surface area (Å²) in [4.78, 5) is 0. The highest BCUT2D eigenvalue weighted by Crippen LogP contribution is 2.32. The van der Waals surface area contributed by atoms with E-state index in [2.05, 4.69) is 30.3 Å². The van der Waals surface area contributed by atoms with Gasteiger partial charge in [-0.05, 0) is 31.1 Å². The van der Waals surface area contributed by atoms with Crippen molar-refractivity contribution in [2.45, 2.75) is 45.6 Å². The Morgan fingerprint density at radius 1 is 1.50 bits per heavy atom. The van der Waals surface area contributed by atoms with Crippen LogP contribution in [0.25, 0.3) is 0 Å². The van der Waals surface area contributed by atoms with Crippen molar-refractivity contribution in [1.29, 1.82) is 0 Å². The normalized spacial score (nSPS) is 30.3. The number of hydrogen-bond donors (Lipinski definition) is 1. The van der Waals surface area contributed by atoms with E-state index in [0.717, 1.165) is 17.7 Å². The van der Waals surface area contributed by atoms with Crippen LogP contribution in [0.4, 0.5) is 5.82 Å². The quantitative estimate of drug-likeness (QED) is 0.850. The fourth-order valence-electron chi connectivity index (χ4n) is 2.85. The first kappa shape index (κ1) is 11.5. The molecule has 3 heteroatoms. The smallest absolute Gasteiger partial charge is 0.124 e. The predicted molar refractivity (Wildman–Crippen MR) is 67.4 cm³/mol. The standard InChI is InChI=1S/C13H23N3/c1-4-11-9-10(2)5-6-12(11)15-13-7-8-14-16(13)3/h7-8,10-12,15H,4-6,9H2,1-3H3. The molecule has 16 heavy (non-hydrogen) atoms. The molecule has 1 aromatic heterocycles. The van der Waals surface area contributed by atoms with Crippen LogP contribution in [0.5, 0.6) is 0 Å². The number of anilines is 1. The number of nitrogens with zero attached hydrogens (tertiary/aromatic N) is 2. The molecule has 0 bridgehead atoms. The maximum Gasteiger partial charge on any atom is 0.124 e. The summed E-state index contributed by atoms with van der Waals surface area (Å²) >= 11 is 0. The van der Waals surface area contributed by atoms with E-state index in [1.807, 2.05) is 17.9 Å². The molecule has 1 heterocycles. The maximum atomic E-state index is 4.20. The van der Waals surface area contributed by atoms with Gasteiger partial charge in [-0.15, -0.1) is 0 Å². The molecule has 0 saturated heterocycles. The third kappa shape index (κ3) is 2.39. The Morgan fingerprint density at radius 3 is 2.94 bits per heavy atom. The van der Waals surface area contributed by atoms with Crippen LogP contribution in [0.2, 0.25) is 0 Å². The second-order valence-electron chi connectivity index (χ2n) is 5.18. The van der Waals surface area contributed by atoms with E-state index in [0.29, 0.717) is 6.04 Å². The Balaban J connectivity index is 2.01. The van der Waals surface area contributed by atoms with Crippen molar-refractivity contribution in [2.75, 3.05) is 5.32 Å². The van der Waals surface area contributed by atoms with Gasteiger partial charge in [0.05, 0.1) is 6.20 Å². The monoisotopic (exact) mass is 221 g/mol. The molecule has 0 radical (unpaired) electrons. The highest BCUT2D eigenvalue weighted by molar-refractivity contribution is 5.35. The van der Waals surface area contributed by atoms with Crippen LogP contribution in [0.1, 0.15) is 39.5 Å². The summed E-state index contributed by atoms with van der Waals surface area (Å²) in [6.07, 6.45) is 7.15. The molecule has 3 unspecified atom stereocenters. The molecule has 1 aliphatic carbocycles. The van der Waals surface area contributed by atoms with Gasteiger partial charge in [0, 0.05) is 19.2 Å². The van der Waals surface area contributed by atoms with Gasteiger partial charge in [0.1, 0.15) is 5.82 Å². The second-order valence-corrected chi connectivity index (χ2v) is 5.18. The minimum absolute atomic E-state index is 0.636. The molecule has 1 saturated carbocycles. The van der Waals surface area contributed by atoms with Crippen LogP contribution >= 0.6 is 0 Å². The fraction of sp³-hybridized carbons (Fsp3) is 0.769. The average molecular weight is 221 g/mol. The fourth-order valence-corrected chi connectivity index (χ4v) is 2.85. The van der Waals surface area contributed by atoms with Crippen LogP contribution in [0.15, 0.2) is 12.3 Å². The Hall–Kier alpha value is -0.990. The molecule has 1 aliphatic rings. The molecular weight excluding hydrogens is 198 g/mol. The van der Waals surface area contributed by atoms with Gasteiger partial charge in [-0.3, -0.25) is 4.68 Å². The van der Waals surface area contributed by atoms with Crippen LogP contribution < -0.4 is 5.32 Å². The highest BCUT2D eigenvalue weighted by Gasteiger charge is 2.27. The molecule has 1 N–H and O–H groups in total. The van der Waals surface area contributed by atoms with E-state index in [-0.39, 0.29) is 0 Å². The Labute approximate surface area is 98.2 Å². The summed E-state index contributed by atoms with van der Waals surface area (Å²) in [6, 6.07) is 2.70. The van der Waals surface area contributed by atoms with Gasteiger partial charge >= 0.3 is 0 Å². The van der Waals surface area contributed by atoms with Gasteiger partial charge in [-0.2, -0.15) is 5.10 Å². The summed E-state index contributed by atoms with van der Waals surface area (Å²) in [7, 11) is 1.99. The maximum absolute atomic E-state index is 4.20. The van der Waals surface area contributed by atoms with Crippen molar-refractivity contribution >= 4 is 5.82 Å². The Morgan fingerprint density at radius 2 is 2.31 bits per heavy atom. The summed E-state index contributed by atoms with van der Waals surface area (Å²) in [5.74, 6) is 2.87. The number of hydrogen-bond acceptors (Lipinski definition) is 2. The van der Waals surface area contributed by atoms with Gasteiger partial charge in [0.25, 0.3) is 0 Å². The summed E-state index contributed by atoms with van der Waals surface area (Å²) in [5, 5.41) is 7.85. The van der Waals surface area contributed by atoms with Crippen LogP contribution in [0.3, 0.4) is 0 Å². The van der Waals surface area contributed by atoms with E-state index in [1.54, 1.807) is 0 Å². The van der Waals surface area contributed by atoms with E-state index >= 15 is 0 Å². The zero-order valence-corrected chi connectivity index (χ0v) is 10.6. The lowest BCUT2D eigenvalue weighted by Gasteiger charge is -2.35. The van der Waals surface area contributed by atoms with Crippen molar-refractivity contribution in [3.8, 4) is 0 Å². The van der Waals surface area contributed by atoms with Crippen molar-refractivity contribution in [2.24, 2.45) is 18.9 Å². The first-order chi connectivity index (χ1) is 7.70. The van der Waals surface area contributed by atoms with Crippen LogP contribution in [0, 0.1) is 11.8 Å². The van der Waals surface area contributed by atoms with Gasteiger partial charge < -0.3 is 5.32 Å². The molecule has 0 spiro atoms. The number of aromatic nitrogens is 2. The van der Waals surface area contributed by atoms with Gasteiger partial charge in [-0.25, -0.2) is 0 Å². The predicted octanol–water partition coefficient (Wildman–Crippen LogP) is 3.05. The molecule has 3 nitrogen and oxygen atoms in total.